The molecular weight excluding hydrogens is 536 g/mol. The van der Waals surface area contributed by atoms with E-state index in [1.54, 1.807) is 0 Å². The third-order valence-corrected chi connectivity index (χ3v) is 11.4. The first-order valence-corrected chi connectivity index (χ1v) is 15.7. The van der Waals surface area contributed by atoms with Gasteiger partial charge >= 0.3 is 23.9 Å². The monoisotopic (exact) mass is 586 g/mol. The maximum atomic E-state index is 13.5. The molecule has 0 aromatic rings. The topological polar surface area (TPSA) is 116 Å². The second-order valence-corrected chi connectivity index (χ2v) is 14.0. The number of carbonyl (C=O) groups is 4. The maximum absolute atomic E-state index is 13.5. The fraction of sp³-hybridized carbons (Fsp3) is 0.765. The van der Waals surface area contributed by atoms with Gasteiger partial charge in [0.15, 0.2) is 0 Å². The Morgan fingerprint density at radius 1 is 1.02 bits per heavy atom. The van der Waals surface area contributed by atoms with Crippen LogP contribution >= 0.6 is 0 Å². The zero-order chi connectivity index (χ0) is 31.1. The van der Waals surface area contributed by atoms with Gasteiger partial charge in [0.25, 0.3) is 0 Å². The Bertz CT molecular complexity index is 1140. The van der Waals surface area contributed by atoms with Crippen molar-refractivity contribution in [3.63, 3.8) is 0 Å². The quantitative estimate of drug-likeness (QED) is 0.191. The number of rotatable bonds is 9. The van der Waals surface area contributed by atoms with E-state index >= 15 is 0 Å². The van der Waals surface area contributed by atoms with Crippen molar-refractivity contribution < 1.29 is 38.5 Å². The van der Waals surface area contributed by atoms with Crippen LogP contribution in [-0.4, -0.2) is 47.3 Å². The van der Waals surface area contributed by atoms with Gasteiger partial charge in [0.2, 0.25) is 0 Å². The molecule has 0 heterocycles. The van der Waals surface area contributed by atoms with E-state index in [9.17, 15) is 24.3 Å². The minimum Gasteiger partial charge on any atom is -0.481 e. The normalized spacial score (nSPS) is 37.8. The Kier molecular flexibility index (Phi) is 9.34. The first-order chi connectivity index (χ1) is 19.6. The van der Waals surface area contributed by atoms with Crippen molar-refractivity contribution in [3.8, 4) is 0 Å². The fourth-order valence-corrected chi connectivity index (χ4v) is 9.55. The van der Waals surface area contributed by atoms with E-state index < -0.39 is 47.0 Å². The largest absolute Gasteiger partial charge is 0.481 e. The minimum atomic E-state index is -1.01. The highest BCUT2D eigenvalue weighted by molar-refractivity contribution is 5.77. The van der Waals surface area contributed by atoms with Crippen LogP contribution in [0, 0.1) is 46.3 Å². The van der Waals surface area contributed by atoms with E-state index in [0.29, 0.717) is 25.2 Å². The van der Waals surface area contributed by atoms with Gasteiger partial charge < -0.3 is 19.3 Å². The van der Waals surface area contributed by atoms with E-state index in [1.165, 1.54) is 26.3 Å². The third kappa shape index (κ3) is 5.67. The molecule has 0 spiro atoms. The number of aliphatic carboxylic acids is 1. The molecule has 4 rings (SSSR count). The van der Waals surface area contributed by atoms with Crippen LogP contribution in [0.3, 0.4) is 0 Å². The summed E-state index contributed by atoms with van der Waals surface area (Å²) in [5.74, 6) is -1.90. The molecular formula is C34H50O8. The van der Waals surface area contributed by atoms with Gasteiger partial charge in [0.05, 0.1) is 5.41 Å². The summed E-state index contributed by atoms with van der Waals surface area (Å²) in [4.78, 5) is 50.2. The van der Waals surface area contributed by atoms with Gasteiger partial charge in [-0.2, -0.15) is 0 Å². The molecule has 42 heavy (non-hydrogen) atoms. The van der Waals surface area contributed by atoms with Gasteiger partial charge in [-0.1, -0.05) is 51.5 Å². The SMILES string of the molecule is C=C(CC[C@@H](C)[C@H]1CC[C@H]2[C@@H]3CC=C4C[C@@H](OC(C)=O)C[C@H](OC(C)=O)[C@]4(C)[C@H]3[C@H](OC(C)=O)C[C@]12C(=O)O)C(C)C. The predicted octanol–water partition coefficient (Wildman–Crippen LogP) is 6.27. The average molecular weight is 587 g/mol. The predicted molar refractivity (Wildman–Crippen MR) is 157 cm³/mol. The first-order valence-electron chi connectivity index (χ1n) is 15.7. The Balaban J connectivity index is 1.76. The first kappa shape index (κ1) is 32.3. The number of esters is 3. The number of fused-ring (bicyclic) bond motifs is 5. The van der Waals surface area contributed by atoms with Gasteiger partial charge in [-0.05, 0) is 61.7 Å². The molecule has 3 saturated carbocycles. The van der Waals surface area contributed by atoms with Gasteiger partial charge in [-0.15, -0.1) is 0 Å². The summed E-state index contributed by atoms with van der Waals surface area (Å²) in [5, 5.41) is 11.0. The van der Waals surface area contributed by atoms with Crippen molar-refractivity contribution >= 4 is 23.9 Å². The summed E-state index contributed by atoms with van der Waals surface area (Å²) >= 11 is 0. The van der Waals surface area contributed by atoms with Crippen LogP contribution in [0.4, 0.5) is 0 Å². The molecule has 10 atom stereocenters. The van der Waals surface area contributed by atoms with Crippen molar-refractivity contribution in [1.82, 2.24) is 0 Å². The van der Waals surface area contributed by atoms with Crippen LogP contribution in [0.5, 0.6) is 0 Å². The zero-order valence-electron chi connectivity index (χ0n) is 26.4. The van der Waals surface area contributed by atoms with E-state index in [1.807, 2.05) is 0 Å². The lowest BCUT2D eigenvalue weighted by Crippen LogP contribution is -2.63. The Morgan fingerprint density at radius 3 is 2.24 bits per heavy atom. The number of hydrogen-bond acceptors (Lipinski definition) is 7. The van der Waals surface area contributed by atoms with Crippen molar-refractivity contribution in [2.75, 3.05) is 0 Å². The average Bonchev–Trinajstić information content (AvgIpc) is 3.27. The van der Waals surface area contributed by atoms with E-state index in [2.05, 4.69) is 40.3 Å². The summed E-state index contributed by atoms with van der Waals surface area (Å²) < 4.78 is 17.6. The minimum absolute atomic E-state index is 0.0406. The lowest BCUT2D eigenvalue weighted by atomic mass is 9.45. The number of allylic oxidation sites excluding steroid dienone is 2. The van der Waals surface area contributed by atoms with Crippen LogP contribution in [-0.2, 0) is 33.4 Å². The molecule has 8 nitrogen and oxygen atoms in total. The molecule has 8 heteroatoms. The highest BCUT2D eigenvalue weighted by atomic mass is 16.6. The molecule has 0 aromatic heterocycles. The lowest BCUT2D eigenvalue weighted by molar-refractivity contribution is -0.205. The number of carbonyl (C=O) groups excluding carboxylic acids is 3. The molecule has 0 bridgehead atoms. The van der Waals surface area contributed by atoms with Gasteiger partial charge in [-0.25, -0.2) is 0 Å². The number of carboxylic acids is 1. The summed E-state index contributed by atoms with van der Waals surface area (Å²) in [6.45, 7) is 16.9. The van der Waals surface area contributed by atoms with Crippen LogP contribution < -0.4 is 0 Å². The summed E-state index contributed by atoms with van der Waals surface area (Å²) in [7, 11) is 0. The van der Waals surface area contributed by atoms with E-state index in [-0.39, 0.29) is 42.0 Å². The second-order valence-electron chi connectivity index (χ2n) is 14.0. The van der Waals surface area contributed by atoms with E-state index in [0.717, 1.165) is 31.3 Å². The summed E-state index contributed by atoms with van der Waals surface area (Å²) in [6, 6.07) is 0. The molecule has 0 saturated heterocycles. The van der Waals surface area contributed by atoms with E-state index in [4.69, 9.17) is 14.2 Å². The maximum Gasteiger partial charge on any atom is 0.310 e. The molecule has 4 aliphatic rings. The Labute approximate surface area is 250 Å². The molecule has 1 N–H and O–H groups in total. The standard InChI is InChI=1S/C34H50O8/c1-18(2)19(3)9-10-20(4)27-13-14-28-26-12-11-24-15-25(40-21(5)35)16-30(42-23(7)37)33(24,8)31(26)29(41-22(6)36)17-34(27,28)32(38)39/h11,18,20,25-31H,3,9-10,12-17H2,1-2,4-8H3,(H,38,39)/t20-,25-,26+,27-,28+,29-,30+,31-,33-,34+/m1/s1. The number of hydrogen-bond donors (Lipinski definition) is 1. The molecule has 0 aliphatic heterocycles. The van der Waals surface area contributed by atoms with Crippen molar-refractivity contribution in [3.05, 3.63) is 23.8 Å². The lowest BCUT2D eigenvalue weighted by Gasteiger charge is -2.61. The zero-order valence-corrected chi connectivity index (χ0v) is 26.4. The molecule has 0 aromatic carbocycles. The van der Waals surface area contributed by atoms with Crippen molar-refractivity contribution in [2.45, 2.75) is 118 Å². The summed E-state index contributed by atoms with van der Waals surface area (Å²) in [5.41, 5.74) is 0.519. The summed E-state index contributed by atoms with van der Waals surface area (Å²) in [6.07, 6.45) is 5.62. The molecule has 0 unspecified atom stereocenters. The molecule has 3 fully saturated rings. The highest BCUT2D eigenvalue weighted by Crippen LogP contribution is 2.68. The molecule has 0 amide bonds. The van der Waals surface area contributed by atoms with Crippen LogP contribution in [0.25, 0.3) is 0 Å². The van der Waals surface area contributed by atoms with Gasteiger partial charge in [-0.3, -0.25) is 19.2 Å². The Morgan fingerprint density at radius 2 is 1.67 bits per heavy atom. The van der Waals surface area contributed by atoms with Crippen molar-refractivity contribution in [2.24, 2.45) is 46.3 Å². The van der Waals surface area contributed by atoms with Gasteiger partial charge in [0, 0.05) is 51.4 Å². The van der Waals surface area contributed by atoms with Crippen LogP contribution in [0.2, 0.25) is 0 Å². The molecule has 0 radical (unpaired) electrons. The smallest absolute Gasteiger partial charge is 0.310 e. The number of ether oxygens (including phenoxy) is 3. The number of carboxylic acid groups (broad SMARTS) is 1. The fourth-order valence-electron chi connectivity index (χ4n) is 9.55. The molecule has 4 aliphatic carbocycles. The van der Waals surface area contributed by atoms with Crippen molar-refractivity contribution in [1.29, 1.82) is 0 Å². The second kappa shape index (κ2) is 12.2. The van der Waals surface area contributed by atoms with Crippen LogP contribution in [0.1, 0.15) is 99.8 Å². The van der Waals surface area contributed by atoms with Gasteiger partial charge in [0.1, 0.15) is 18.3 Å². The van der Waals surface area contributed by atoms with Crippen LogP contribution in [0.15, 0.2) is 23.8 Å². The highest BCUT2D eigenvalue weighted by Gasteiger charge is 2.69. The Hall–Kier alpha value is -2.64. The molecule has 234 valence electrons. The third-order valence-electron chi connectivity index (χ3n) is 11.4.